The molecule has 0 atom stereocenters. The molecule has 0 saturated carbocycles. The topological polar surface area (TPSA) is 3.24 Å². The number of allylic oxidation sites excluding steroid dienone is 12. The Morgan fingerprint density at radius 3 is 2.14 bits per heavy atom. The Morgan fingerprint density at radius 2 is 1.62 bits per heavy atom. The smallest absolute Gasteiger partial charge is 0.223 e. The zero-order chi connectivity index (χ0) is 16.1. The van der Waals surface area contributed by atoms with Gasteiger partial charge in [0.2, 0.25) is 7.98 Å². The van der Waals surface area contributed by atoms with Gasteiger partial charge in [-0.25, -0.2) is 0 Å². The standard InChI is InChI=1S/C19H26BN/c1-6-10-12-13-14-15-17(5)19(9-4)21(20)18(8-3)16-11-7-2/h6-16H,2,4,20H2,1,3,5H3/b10-6+,13-12-,15-14-,16-11-,18-8+,19-17-. The van der Waals surface area contributed by atoms with E-state index >= 15 is 0 Å². The van der Waals surface area contributed by atoms with E-state index in [1.807, 2.05) is 70.4 Å². The third kappa shape index (κ3) is 7.21. The second kappa shape index (κ2) is 11.6. The van der Waals surface area contributed by atoms with E-state index in [0.29, 0.717) is 0 Å². The fraction of sp³-hybridized carbons (Fsp3) is 0.158. The van der Waals surface area contributed by atoms with Crippen LogP contribution in [0.25, 0.3) is 0 Å². The van der Waals surface area contributed by atoms with Crippen LogP contribution in [0.1, 0.15) is 20.8 Å². The Bertz CT molecular complexity index is 514. The van der Waals surface area contributed by atoms with Crippen LogP contribution in [-0.4, -0.2) is 12.8 Å². The van der Waals surface area contributed by atoms with Gasteiger partial charge in [0.15, 0.2) is 0 Å². The Kier molecular flexibility index (Phi) is 10.4. The highest BCUT2D eigenvalue weighted by atomic mass is 15.0. The molecule has 0 aliphatic carbocycles. The highest BCUT2D eigenvalue weighted by Gasteiger charge is 2.05. The van der Waals surface area contributed by atoms with Crippen molar-refractivity contribution < 1.29 is 0 Å². The van der Waals surface area contributed by atoms with Crippen molar-refractivity contribution in [3.05, 3.63) is 97.0 Å². The zero-order valence-corrected chi connectivity index (χ0v) is 13.7. The van der Waals surface area contributed by atoms with Crippen LogP contribution >= 0.6 is 0 Å². The first kappa shape index (κ1) is 18.8. The van der Waals surface area contributed by atoms with E-state index in [1.54, 1.807) is 6.08 Å². The summed E-state index contributed by atoms with van der Waals surface area (Å²) in [6, 6.07) is 0. The highest BCUT2D eigenvalue weighted by Crippen LogP contribution is 2.17. The minimum absolute atomic E-state index is 1.08. The van der Waals surface area contributed by atoms with E-state index < -0.39 is 0 Å². The lowest BCUT2D eigenvalue weighted by Crippen LogP contribution is -2.17. The first-order valence-electron chi connectivity index (χ1n) is 7.10. The third-order valence-corrected chi connectivity index (χ3v) is 2.92. The summed E-state index contributed by atoms with van der Waals surface area (Å²) < 4.78 is 0. The largest absolute Gasteiger partial charge is 0.394 e. The maximum Gasteiger partial charge on any atom is 0.223 e. The van der Waals surface area contributed by atoms with Crippen LogP contribution in [0.5, 0.6) is 0 Å². The second-order valence-corrected chi connectivity index (χ2v) is 4.41. The summed E-state index contributed by atoms with van der Waals surface area (Å²) in [5.74, 6) is 0. The number of hydrogen-bond donors (Lipinski definition) is 0. The molecule has 0 radical (unpaired) electrons. The molecule has 0 aliphatic heterocycles. The predicted octanol–water partition coefficient (Wildman–Crippen LogP) is 4.63. The lowest BCUT2D eigenvalue weighted by atomic mass is 10.1. The van der Waals surface area contributed by atoms with Crippen LogP contribution in [-0.2, 0) is 0 Å². The van der Waals surface area contributed by atoms with Crippen molar-refractivity contribution in [2.45, 2.75) is 20.8 Å². The molecule has 0 bridgehead atoms. The summed E-state index contributed by atoms with van der Waals surface area (Å²) in [5, 5.41) is 0. The van der Waals surface area contributed by atoms with Gasteiger partial charge >= 0.3 is 0 Å². The Morgan fingerprint density at radius 1 is 0.952 bits per heavy atom. The molecule has 0 aromatic rings. The molecule has 0 aromatic carbocycles. The molecule has 0 N–H and O–H groups in total. The van der Waals surface area contributed by atoms with Crippen molar-refractivity contribution in [2.75, 3.05) is 0 Å². The van der Waals surface area contributed by atoms with Crippen LogP contribution in [0.2, 0.25) is 0 Å². The molecule has 0 spiro atoms. The van der Waals surface area contributed by atoms with Crippen molar-refractivity contribution in [3.8, 4) is 0 Å². The average molecular weight is 279 g/mol. The van der Waals surface area contributed by atoms with Crippen molar-refractivity contribution in [1.29, 1.82) is 0 Å². The molecule has 0 amide bonds. The van der Waals surface area contributed by atoms with Gasteiger partial charge in [-0.05, 0) is 38.5 Å². The quantitative estimate of drug-likeness (QED) is 0.462. The SMILES string of the molecule is BN(\C(C=C)=C(C)/C=C\C=C/C=C/C)C(/C=C\C=C)=C/C. The van der Waals surface area contributed by atoms with E-state index in [9.17, 15) is 0 Å². The molecule has 0 aliphatic rings. The summed E-state index contributed by atoms with van der Waals surface area (Å²) in [7, 11) is 2.03. The molecule has 1 nitrogen and oxygen atoms in total. The molecule has 0 heterocycles. The highest BCUT2D eigenvalue weighted by molar-refractivity contribution is 6.07. The molecule has 0 saturated heterocycles. The molecule has 0 unspecified atom stereocenters. The van der Waals surface area contributed by atoms with Gasteiger partial charge in [0, 0.05) is 11.4 Å². The van der Waals surface area contributed by atoms with E-state index in [0.717, 1.165) is 17.0 Å². The predicted molar refractivity (Wildman–Crippen MR) is 99.5 cm³/mol. The third-order valence-electron chi connectivity index (χ3n) is 2.92. The first-order valence-corrected chi connectivity index (χ1v) is 7.10. The zero-order valence-electron chi connectivity index (χ0n) is 13.7. The van der Waals surface area contributed by atoms with Crippen molar-refractivity contribution in [3.63, 3.8) is 0 Å². The van der Waals surface area contributed by atoms with Gasteiger partial charge in [0.25, 0.3) is 0 Å². The normalized spacial score (nSPS) is 14.3. The number of rotatable bonds is 8. The molecular formula is C19H26BN. The molecule has 2 heteroatoms. The summed E-state index contributed by atoms with van der Waals surface area (Å²) in [5.41, 5.74) is 3.33. The van der Waals surface area contributed by atoms with Gasteiger partial charge in [-0.2, -0.15) is 0 Å². The summed E-state index contributed by atoms with van der Waals surface area (Å²) in [4.78, 5) is 2.11. The van der Waals surface area contributed by atoms with Crippen LogP contribution < -0.4 is 0 Å². The maximum atomic E-state index is 3.92. The van der Waals surface area contributed by atoms with Crippen LogP contribution in [0.3, 0.4) is 0 Å². The summed E-state index contributed by atoms with van der Waals surface area (Å²) >= 11 is 0. The minimum Gasteiger partial charge on any atom is -0.394 e. The van der Waals surface area contributed by atoms with Gasteiger partial charge in [0.05, 0.1) is 0 Å². The monoisotopic (exact) mass is 279 g/mol. The summed E-state index contributed by atoms with van der Waals surface area (Å²) in [6.45, 7) is 13.7. The molecule has 0 aromatic heterocycles. The maximum absolute atomic E-state index is 3.92. The second-order valence-electron chi connectivity index (χ2n) is 4.41. The average Bonchev–Trinajstić information content (AvgIpc) is 2.48. The number of hydrogen-bond acceptors (Lipinski definition) is 1. The molecule has 0 fully saturated rings. The van der Waals surface area contributed by atoms with Gasteiger partial charge in [0.1, 0.15) is 0 Å². The molecular weight excluding hydrogens is 253 g/mol. The Labute approximate surface area is 131 Å². The first-order chi connectivity index (χ1) is 10.1. The fourth-order valence-corrected chi connectivity index (χ4v) is 1.79. The van der Waals surface area contributed by atoms with Crippen molar-refractivity contribution in [1.82, 2.24) is 4.81 Å². The Balaban J connectivity index is 5.26. The van der Waals surface area contributed by atoms with Gasteiger partial charge in [-0.3, -0.25) is 0 Å². The fourth-order valence-electron chi connectivity index (χ4n) is 1.79. The molecule has 21 heavy (non-hydrogen) atoms. The van der Waals surface area contributed by atoms with Gasteiger partial charge in [-0.15, -0.1) is 0 Å². The van der Waals surface area contributed by atoms with Crippen molar-refractivity contribution >= 4 is 7.98 Å². The molecule has 0 rings (SSSR count). The van der Waals surface area contributed by atoms with Crippen molar-refractivity contribution in [2.24, 2.45) is 0 Å². The van der Waals surface area contributed by atoms with Crippen LogP contribution in [0.4, 0.5) is 0 Å². The minimum atomic E-state index is 1.08. The van der Waals surface area contributed by atoms with E-state index in [2.05, 4.69) is 37.0 Å². The van der Waals surface area contributed by atoms with Crippen LogP contribution in [0.15, 0.2) is 97.0 Å². The van der Waals surface area contributed by atoms with E-state index in [1.165, 1.54) is 0 Å². The molecule has 110 valence electrons. The van der Waals surface area contributed by atoms with E-state index in [4.69, 9.17) is 0 Å². The van der Waals surface area contributed by atoms with Gasteiger partial charge in [-0.1, -0.05) is 67.8 Å². The number of nitrogens with zero attached hydrogens (tertiary/aromatic N) is 1. The lowest BCUT2D eigenvalue weighted by Gasteiger charge is -2.24. The Hall–Kier alpha value is -2.22. The summed E-state index contributed by atoms with van der Waals surface area (Å²) in [6.07, 6.45) is 21.8. The van der Waals surface area contributed by atoms with Crippen LogP contribution in [0, 0.1) is 0 Å². The van der Waals surface area contributed by atoms with E-state index in [-0.39, 0.29) is 0 Å². The lowest BCUT2D eigenvalue weighted by molar-refractivity contribution is 0.718. The van der Waals surface area contributed by atoms with Gasteiger partial charge < -0.3 is 4.81 Å².